The maximum Gasteiger partial charge on any atom is 0.145 e. The Balaban J connectivity index is 1.84. The van der Waals surface area contributed by atoms with Gasteiger partial charge in [0.05, 0.1) is 0 Å². The summed E-state index contributed by atoms with van der Waals surface area (Å²) in [6.07, 6.45) is 5.35. The second-order valence-corrected chi connectivity index (χ2v) is 5.58. The second-order valence-electron chi connectivity index (χ2n) is 4.79. The Morgan fingerprint density at radius 3 is 2.42 bits per heavy atom. The van der Waals surface area contributed by atoms with E-state index >= 15 is 0 Å². The average molecular weight is 328 g/mol. The van der Waals surface area contributed by atoms with Crippen molar-refractivity contribution in [1.29, 1.82) is 0 Å². The van der Waals surface area contributed by atoms with Crippen molar-refractivity contribution >= 4 is 27.6 Å². The van der Waals surface area contributed by atoms with E-state index in [1.165, 1.54) is 25.9 Å². The first-order chi connectivity index (χ1) is 9.31. The first kappa shape index (κ1) is 14.5. The minimum Gasteiger partial charge on any atom is -0.369 e. The fraction of sp³-hybridized carbons (Fsp3) is 0.692. The highest BCUT2D eigenvalue weighted by molar-refractivity contribution is 9.10. The number of nitrogens with one attached hydrogen (secondary N) is 2. The molecule has 0 aromatic carbocycles. The minimum absolute atomic E-state index is 0.862. The zero-order valence-electron chi connectivity index (χ0n) is 11.5. The summed E-state index contributed by atoms with van der Waals surface area (Å²) in [7, 11) is 0. The molecule has 0 aliphatic carbocycles. The minimum atomic E-state index is 0.862. The fourth-order valence-corrected chi connectivity index (χ4v) is 2.68. The SMILES string of the molecule is CCCNc1ncnc(NCCN2CCCC2)c1Br. The third-order valence-corrected chi connectivity index (χ3v) is 4.00. The summed E-state index contributed by atoms with van der Waals surface area (Å²) in [6, 6.07) is 0. The van der Waals surface area contributed by atoms with Crippen LogP contribution in [0.2, 0.25) is 0 Å². The highest BCUT2D eigenvalue weighted by atomic mass is 79.9. The van der Waals surface area contributed by atoms with Gasteiger partial charge in [-0.3, -0.25) is 0 Å². The van der Waals surface area contributed by atoms with Gasteiger partial charge in [0.2, 0.25) is 0 Å². The van der Waals surface area contributed by atoms with Crippen LogP contribution in [0.25, 0.3) is 0 Å². The molecule has 0 spiro atoms. The molecular formula is C13H22BrN5. The number of hydrogen-bond acceptors (Lipinski definition) is 5. The smallest absolute Gasteiger partial charge is 0.145 e. The van der Waals surface area contributed by atoms with Crippen LogP contribution in [0.4, 0.5) is 11.6 Å². The quantitative estimate of drug-likeness (QED) is 0.806. The highest BCUT2D eigenvalue weighted by Gasteiger charge is 2.12. The van der Waals surface area contributed by atoms with Gasteiger partial charge in [-0.1, -0.05) is 6.92 Å². The summed E-state index contributed by atoms with van der Waals surface area (Å²) in [5.41, 5.74) is 0. The van der Waals surface area contributed by atoms with Crippen LogP contribution in [0, 0.1) is 0 Å². The van der Waals surface area contributed by atoms with Crippen molar-refractivity contribution in [3.8, 4) is 0 Å². The molecule has 5 nitrogen and oxygen atoms in total. The van der Waals surface area contributed by atoms with E-state index in [4.69, 9.17) is 0 Å². The largest absolute Gasteiger partial charge is 0.369 e. The van der Waals surface area contributed by atoms with E-state index in [9.17, 15) is 0 Å². The summed E-state index contributed by atoms with van der Waals surface area (Å²) in [4.78, 5) is 11.0. The van der Waals surface area contributed by atoms with Crippen LogP contribution in [-0.2, 0) is 0 Å². The van der Waals surface area contributed by atoms with Crippen LogP contribution in [-0.4, -0.2) is 47.6 Å². The monoisotopic (exact) mass is 327 g/mol. The van der Waals surface area contributed by atoms with Gasteiger partial charge in [0.1, 0.15) is 22.4 Å². The molecule has 2 rings (SSSR count). The summed E-state index contributed by atoms with van der Waals surface area (Å²) in [5.74, 6) is 1.73. The summed E-state index contributed by atoms with van der Waals surface area (Å²) in [5, 5.41) is 6.66. The van der Waals surface area contributed by atoms with Gasteiger partial charge in [0.25, 0.3) is 0 Å². The first-order valence-corrected chi connectivity index (χ1v) is 7.81. The molecule has 1 aliphatic heterocycles. The van der Waals surface area contributed by atoms with E-state index in [-0.39, 0.29) is 0 Å². The number of aromatic nitrogens is 2. The molecule has 1 aromatic heterocycles. The van der Waals surface area contributed by atoms with Crippen molar-refractivity contribution in [2.45, 2.75) is 26.2 Å². The Kier molecular flexibility index (Phi) is 5.85. The van der Waals surface area contributed by atoms with Gasteiger partial charge in [-0.15, -0.1) is 0 Å². The molecular weight excluding hydrogens is 306 g/mol. The molecule has 0 unspecified atom stereocenters. The third-order valence-electron chi connectivity index (χ3n) is 3.25. The van der Waals surface area contributed by atoms with Gasteiger partial charge in [-0.25, -0.2) is 9.97 Å². The number of nitrogens with zero attached hydrogens (tertiary/aromatic N) is 3. The van der Waals surface area contributed by atoms with Crippen molar-refractivity contribution in [2.75, 3.05) is 43.4 Å². The average Bonchev–Trinajstić information content (AvgIpc) is 2.92. The first-order valence-electron chi connectivity index (χ1n) is 7.02. The van der Waals surface area contributed by atoms with E-state index in [1.54, 1.807) is 6.33 Å². The van der Waals surface area contributed by atoms with Gasteiger partial charge < -0.3 is 15.5 Å². The third kappa shape index (κ3) is 4.31. The van der Waals surface area contributed by atoms with Crippen LogP contribution in [0.1, 0.15) is 26.2 Å². The Morgan fingerprint density at radius 1 is 1.16 bits per heavy atom. The number of anilines is 2. The zero-order valence-corrected chi connectivity index (χ0v) is 13.0. The molecule has 1 aliphatic rings. The van der Waals surface area contributed by atoms with Crippen molar-refractivity contribution in [1.82, 2.24) is 14.9 Å². The molecule has 0 radical (unpaired) electrons. The molecule has 0 saturated carbocycles. The number of rotatable bonds is 7. The van der Waals surface area contributed by atoms with Crippen LogP contribution >= 0.6 is 15.9 Å². The molecule has 2 heterocycles. The molecule has 1 fully saturated rings. The van der Waals surface area contributed by atoms with E-state index in [0.29, 0.717) is 0 Å². The van der Waals surface area contributed by atoms with E-state index in [0.717, 1.165) is 42.2 Å². The maximum atomic E-state index is 4.28. The Morgan fingerprint density at radius 2 is 1.79 bits per heavy atom. The molecule has 2 N–H and O–H groups in total. The van der Waals surface area contributed by atoms with E-state index in [2.05, 4.69) is 48.4 Å². The Labute approximate surface area is 123 Å². The van der Waals surface area contributed by atoms with Crippen molar-refractivity contribution in [3.63, 3.8) is 0 Å². The summed E-state index contributed by atoms with van der Waals surface area (Å²) >= 11 is 3.56. The topological polar surface area (TPSA) is 53.1 Å². The summed E-state index contributed by atoms with van der Waals surface area (Å²) in [6.45, 7) is 7.52. The lowest BCUT2D eigenvalue weighted by atomic mass is 10.4. The van der Waals surface area contributed by atoms with Crippen molar-refractivity contribution in [2.24, 2.45) is 0 Å². The standard InChI is InChI=1S/C13H22BrN5/c1-2-5-15-12-11(14)13(18-10-17-12)16-6-9-19-7-3-4-8-19/h10H,2-9H2,1H3,(H2,15,16,17,18). The van der Waals surface area contributed by atoms with Crippen LogP contribution in [0.15, 0.2) is 10.8 Å². The normalized spacial score (nSPS) is 15.7. The lowest BCUT2D eigenvalue weighted by Crippen LogP contribution is -2.26. The van der Waals surface area contributed by atoms with Gasteiger partial charge >= 0.3 is 0 Å². The van der Waals surface area contributed by atoms with Crippen molar-refractivity contribution in [3.05, 3.63) is 10.8 Å². The molecule has 19 heavy (non-hydrogen) atoms. The highest BCUT2D eigenvalue weighted by Crippen LogP contribution is 2.26. The predicted octanol–water partition coefficient (Wildman–Crippen LogP) is 2.57. The van der Waals surface area contributed by atoms with Gasteiger partial charge in [0, 0.05) is 19.6 Å². The molecule has 0 amide bonds. The number of likely N-dealkylation sites (tertiary alicyclic amines) is 1. The second kappa shape index (κ2) is 7.65. The van der Waals surface area contributed by atoms with Crippen LogP contribution in [0.3, 0.4) is 0 Å². The number of halogens is 1. The van der Waals surface area contributed by atoms with Gasteiger partial charge in [-0.2, -0.15) is 0 Å². The van der Waals surface area contributed by atoms with Crippen LogP contribution < -0.4 is 10.6 Å². The van der Waals surface area contributed by atoms with Gasteiger partial charge in [-0.05, 0) is 48.3 Å². The van der Waals surface area contributed by atoms with Crippen molar-refractivity contribution < 1.29 is 0 Å². The predicted molar refractivity (Wildman–Crippen MR) is 82.7 cm³/mol. The molecule has 1 saturated heterocycles. The fourth-order valence-electron chi connectivity index (χ4n) is 2.20. The van der Waals surface area contributed by atoms with Crippen LogP contribution in [0.5, 0.6) is 0 Å². The maximum absolute atomic E-state index is 4.28. The Bertz CT molecular complexity index is 393. The summed E-state index contributed by atoms with van der Waals surface area (Å²) < 4.78 is 0.921. The molecule has 0 bridgehead atoms. The lowest BCUT2D eigenvalue weighted by Gasteiger charge is -2.16. The zero-order chi connectivity index (χ0) is 13.5. The molecule has 1 aromatic rings. The Hall–Kier alpha value is -0.880. The molecule has 106 valence electrons. The lowest BCUT2D eigenvalue weighted by molar-refractivity contribution is 0.352. The number of hydrogen-bond donors (Lipinski definition) is 2. The van der Waals surface area contributed by atoms with E-state index < -0.39 is 0 Å². The van der Waals surface area contributed by atoms with E-state index in [1.807, 2.05) is 0 Å². The molecule has 0 atom stereocenters. The molecule has 6 heteroatoms. The van der Waals surface area contributed by atoms with Gasteiger partial charge in [0.15, 0.2) is 0 Å².